The minimum Gasteiger partial charge on any atom is -0.389 e. The first-order valence-electron chi connectivity index (χ1n) is 9.49. The van der Waals surface area contributed by atoms with Crippen molar-refractivity contribution in [3.8, 4) is 0 Å². The fourth-order valence-electron chi connectivity index (χ4n) is 4.59. The standard InChI is InChI=1S/C18H29N3O2S/c22-16(13-23-17-4-2-1-3-5-17)12-21-14-6-7-15(21)11-20(10-14)18-19-8-9-24-18/h8-9,14-17,22H,1-7,10-13H2/t14?,15?,16-/m1/s1. The summed E-state index contributed by atoms with van der Waals surface area (Å²) >= 11 is 1.73. The molecule has 0 amide bonds. The van der Waals surface area contributed by atoms with E-state index in [4.69, 9.17) is 4.74 Å². The number of hydrogen-bond donors (Lipinski definition) is 1. The van der Waals surface area contributed by atoms with Gasteiger partial charge in [0, 0.05) is 43.3 Å². The number of rotatable bonds is 6. The van der Waals surface area contributed by atoms with Crippen LogP contribution in [0.2, 0.25) is 0 Å². The van der Waals surface area contributed by atoms with Gasteiger partial charge in [-0.05, 0) is 25.7 Å². The Kier molecular flexibility index (Phi) is 5.37. The quantitative estimate of drug-likeness (QED) is 0.853. The van der Waals surface area contributed by atoms with Gasteiger partial charge in [-0.15, -0.1) is 11.3 Å². The first kappa shape index (κ1) is 16.8. The zero-order chi connectivity index (χ0) is 16.4. The third-order valence-electron chi connectivity index (χ3n) is 5.82. The molecule has 2 bridgehead atoms. The van der Waals surface area contributed by atoms with Gasteiger partial charge in [0.25, 0.3) is 0 Å². The number of anilines is 1. The Labute approximate surface area is 148 Å². The summed E-state index contributed by atoms with van der Waals surface area (Å²) in [6.07, 6.45) is 10.6. The van der Waals surface area contributed by atoms with Crippen LogP contribution in [0.1, 0.15) is 44.9 Å². The summed E-state index contributed by atoms with van der Waals surface area (Å²) in [4.78, 5) is 9.41. The molecule has 3 heterocycles. The molecule has 2 saturated heterocycles. The smallest absolute Gasteiger partial charge is 0.185 e. The molecular weight excluding hydrogens is 322 g/mol. The fourth-order valence-corrected chi connectivity index (χ4v) is 5.25. The highest BCUT2D eigenvalue weighted by atomic mass is 32.1. The summed E-state index contributed by atoms with van der Waals surface area (Å²) in [6, 6.07) is 1.11. The number of hydrogen-bond acceptors (Lipinski definition) is 6. The predicted molar refractivity (Wildman–Crippen MR) is 96.7 cm³/mol. The first-order valence-corrected chi connectivity index (χ1v) is 10.4. The van der Waals surface area contributed by atoms with Gasteiger partial charge in [-0.25, -0.2) is 4.98 Å². The van der Waals surface area contributed by atoms with Crippen LogP contribution in [-0.2, 0) is 4.74 Å². The van der Waals surface area contributed by atoms with E-state index in [0.717, 1.165) is 24.8 Å². The van der Waals surface area contributed by atoms with Crippen molar-refractivity contribution in [2.45, 2.75) is 69.2 Å². The van der Waals surface area contributed by atoms with E-state index in [1.54, 1.807) is 11.3 Å². The van der Waals surface area contributed by atoms with Gasteiger partial charge in [-0.1, -0.05) is 19.3 Å². The van der Waals surface area contributed by atoms with Crippen molar-refractivity contribution in [3.63, 3.8) is 0 Å². The van der Waals surface area contributed by atoms with Crippen molar-refractivity contribution in [2.75, 3.05) is 31.1 Å². The van der Waals surface area contributed by atoms with Gasteiger partial charge in [0.15, 0.2) is 5.13 Å². The second-order valence-corrected chi connectivity index (χ2v) is 8.42. The lowest BCUT2D eigenvalue weighted by Gasteiger charge is -2.41. The molecule has 3 atom stereocenters. The maximum Gasteiger partial charge on any atom is 0.185 e. The van der Waals surface area contributed by atoms with Crippen molar-refractivity contribution in [3.05, 3.63) is 11.6 Å². The number of fused-ring (bicyclic) bond motifs is 2. The van der Waals surface area contributed by atoms with Crippen LogP contribution in [0.4, 0.5) is 5.13 Å². The monoisotopic (exact) mass is 351 g/mol. The van der Waals surface area contributed by atoms with E-state index in [-0.39, 0.29) is 6.10 Å². The van der Waals surface area contributed by atoms with Crippen molar-refractivity contribution < 1.29 is 9.84 Å². The number of piperazine rings is 1. The van der Waals surface area contributed by atoms with Crippen molar-refractivity contribution >= 4 is 16.5 Å². The third-order valence-corrected chi connectivity index (χ3v) is 6.65. The van der Waals surface area contributed by atoms with Crippen LogP contribution in [0, 0.1) is 0 Å². The van der Waals surface area contributed by atoms with Gasteiger partial charge in [-0.3, -0.25) is 4.90 Å². The maximum atomic E-state index is 10.5. The lowest BCUT2D eigenvalue weighted by atomic mass is 9.98. The Bertz CT molecular complexity index is 492. The topological polar surface area (TPSA) is 48.8 Å². The van der Waals surface area contributed by atoms with Gasteiger partial charge >= 0.3 is 0 Å². The summed E-state index contributed by atoms with van der Waals surface area (Å²) in [5, 5.41) is 13.7. The normalized spacial score (nSPS) is 30.0. The molecule has 1 aliphatic carbocycles. The lowest BCUT2D eigenvalue weighted by Crippen LogP contribution is -2.56. The Morgan fingerprint density at radius 1 is 1.17 bits per heavy atom. The van der Waals surface area contributed by atoms with Gasteiger partial charge in [0.1, 0.15) is 0 Å². The predicted octanol–water partition coefficient (Wildman–Crippen LogP) is 2.51. The molecule has 1 N–H and O–H groups in total. The minimum atomic E-state index is -0.360. The Morgan fingerprint density at radius 2 is 1.92 bits per heavy atom. The lowest BCUT2D eigenvalue weighted by molar-refractivity contribution is -0.0389. The average molecular weight is 352 g/mol. The average Bonchev–Trinajstić information content (AvgIpc) is 3.21. The molecule has 0 aromatic carbocycles. The fraction of sp³-hybridized carbons (Fsp3) is 0.833. The zero-order valence-electron chi connectivity index (χ0n) is 14.3. The first-order chi connectivity index (χ1) is 11.8. The molecule has 0 radical (unpaired) electrons. The molecule has 4 rings (SSSR count). The molecular formula is C18H29N3O2S. The van der Waals surface area contributed by atoms with E-state index in [1.807, 2.05) is 6.20 Å². The Hall–Kier alpha value is -0.690. The largest absolute Gasteiger partial charge is 0.389 e. The molecule has 1 aromatic heterocycles. The summed E-state index contributed by atoms with van der Waals surface area (Å²) < 4.78 is 5.96. The molecule has 5 nitrogen and oxygen atoms in total. The van der Waals surface area contributed by atoms with Crippen LogP contribution in [0.3, 0.4) is 0 Å². The van der Waals surface area contributed by atoms with Crippen LogP contribution in [-0.4, -0.2) is 65.5 Å². The molecule has 1 saturated carbocycles. The molecule has 3 fully saturated rings. The number of thiazole rings is 1. The van der Waals surface area contributed by atoms with Crippen LogP contribution in [0.15, 0.2) is 11.6 Å². The number of aliphatic hydroxyl groups excluding tert-OH is 1. The third kappa shape index (κ3) is 3.77. The van der Waals surface area contributed by atoms with Crippen molar-refractivity contribution in [1.29, 1.82) is 0 Å². The highest BCUT2D eigenvalue weighted by molar-refractivity contribution is 7.13. The molecule has 24 heavy (non-hydrogen) atoms. The van der Waals surface area contributed by atoms with Crippen LogP contribution >= 0.6 is 11.3 Å². The summed E-state index contributed by atoms with van der Waals surface area (Å²) in [7, 11) is 0. The molecule has 2 unspecified atom stereocenters. The van der Waals surface area contributed by atoms with E-state index >= 15 is 0 Å². The van der Waals surface area contributed by atoms with Crippen LogP contribution < -0.4 is 4.90 Å². The van der Waals surface area contributed by atoms with Gasteiger partial charge in [-0.2, -0.15) is 0 Å². The van der Waals surface area contributed by atoms with Crippen molar-refractivity contribution in [1.82, 2.24) is 9.88 Å². The molecule has 1 aromatic rings. The summed E-state index contributed by atoms with van der Waals surface area (Å²) in [5.74, 6) is 0. The minimum absolute atomic E-state index is 0.360. The summed E-state index contributed by atoms with van der Waals surface area (Å²) in [6.45, 7) is 3.34. The number of aromatic nitrogens is 1. The Balaban J connectivity index is 1.26. The number of nitrogens with zero attached hydrogens (tertiary/aromatic N) is 3. The summed E-state index contributed by atoms with van der Waals surface area (Å²) in [5.41, 5.74) is 0. The second-order valence-electron chi connectivity index (χ2n) is 7.55. The maximum absolute atomic E-state index is 10.5. The van der Waals surface area contributed by atoms with Gasteiger partial charge in [0.05, 0.1) is 18.8 Å². The molecule has 6 heteroatoms. The molecule has 3 aliphatic rings. The van der Waals surface area contributed by atoms with E-state index in [1.165, 1.54) is 44.9 Å². The van der Waals surface area contributed by atoms with Crippen LogP contribution in [0.5, 0.6) is 0 Å². The van der Waals surface area contributed by atoms with Crippen LogP contribution in [0.25, 0.3) is 0 Å². The number of ether oxygens (including phenoxy) is 1. The van der Waals surface area contributed by atoms with Gasteiger partial charge < -0.3 is 14.7 Å². The number of aliphatic hydroxyl groups is 1. The zero-order valence-corrected chi connectivity index (χ0v) is 15.2. The van der Waals surface area contributed by atoms with E-state index in [2.05, 4.69) is 20.2 Å². The van der Waals surface area contributed by atoms with E-state index in [0.29, 0.717) is 24.8 Å². The highest BCUT2D eigenvalue weighted by Gasteiger charge is 2.41. The van der Waals surface area contributed by atoms with E-state index in [9.17, 15) is 5.11 Å². The Morgan fingerprint density at radius 3 is 2.58 bits per heavy atom. The second kappa shape index (κ2) is 7.68. The molecule has 0 spiro atoms. The molecule has 134 valence electrons. The van der Waals surface area contributed by atoms with Gasteiger partial charge in [0.2, 0.25) is 0 Å². The molecule has 2 aliphatic heterocycles. The van der Waals surface area contributed by atoms with Crippen molar-refractivity contribution in [2.24, 2.45) is 0 Å². The SMILES string of the molecule is O[C@@H](COC1CCCCC1)CN1C2CCC1CN(c1nccs1)C2. The highest BCUT2D eigenvalue weighted by Crippen LogP contribution is 2.33. The van der Waals surface area contributed by atoms with E-state index < -0.39 is 0 Å².